The Hall–Kier alpha value is -1.55. The van der Waals surface area contributed by atoms with Crippen LogP contribution in [0.4, 0.5) is 5.69 Å². The van der Waals surface area contributed by atoms with Crippen LogP contribution in [0.3, 0.4) is 0 Å². The third-order valence-corrected chi connectivity index (χ3v) is 3.30. The van der Waals surface area contributed by atoms with Gasteiger partial charge in [0, 0.05) is 18.2 Å². The fraction of sp³-hybridized carbons (Fsp3) is 0.533. The normalized spacial score (nSPS) is 20.6. The van der Waals surface area contributed by atoms with Gasteiger partial charge in [0.2, 0.25) is 0 Å². The second kappa shape index (κ2) is 7.14. The van der Waals surface area contributed by atoms with Crippen molar-refractivity contribution in [2.24, 2.45) is 5.92 Å². The second-order valence-corrected chi connectivity index (χ2v) is 4.72. The van der Waals surface area contributed by atoms with Gasteiger partial charge in [-0.1, -0.05) is 18.2 Å². The van der Waals surface area contributed by atoms with Crippen molar-refractivity contribution in [2.45, 2.75) is 25.8 Å². The molecular weight excluding hydrogens is 242 g/mol. The quantitative estimate of drug-likeness (QED) is 0.829. The van der Waals surface area contributed by atoms with E-state index in [1.807, 2.05) is 37.3 Å². The predicted molar refractivity (Wildman–Crippen MR) is 74.0 cm³/mol. The van der Waals surface area contributed by atoms with Gasteiger partial charge in [-0.25, -0.2) is 4.79 Å². The molecule has 0 amide bonds. The van der Waals surface area contributed by atoms with E-state index in [9.17, 15) is 4.79 Å². The van der Waals surface area contributed by atoms with E-state index in [-0.39, 0.29) is 17.9 Å². The van der Waals surface area contributed by atoms with Crippen molar-refractivity contribution in [1.82, 2.24) is 0 Å². The Kier molecular flexibility index (Phi) is 5.21. The lowest BCUT2D eigenvalue weighted by atomic mass is 9.93. The number of ether oxygens (including phenoxy) is 2. The fourth-order valence-corrected chi connectivity index (χ4v) is 2.34. The Balaban J connectivity index is 2.06. The fourth-order valence-electron chi connectivity index (χ4n) is 2.34. The summed E-state index contributed by atoms with van der Waals surface area (Å²) in [6, 6.07) is 9.42. The highest BCUT2D eigenvalue weighted by molar-refractivity contribution is 5.79. The minimum absolute atomic E-state index is 0.174. The van der Waals surface area contributed by atoms with Crippen molar-refractivity contribution in [2.75, 3.05) is 25.1 Å². The summed E-state index contributed by atoms with van der Waals surface area (Å²) in [5.74, 6) is -0.0186. The molecule has 0 aliphatic carbocycles. The number of carbonyl (C=O) groups excluding carboxylic acids is 1. The zero-order valence-electron chi connectivity index (χ0n) is 11.3. The molecule has 1 aliphatic heterocycles. The molecule has 1 aliphatic rings. The Morgan fingerprint density at radius 2 is 2.26 bits per heavy atom. The van der Waals surface area contributed by atoms with Gasteiger partial charge in [-0.05, 0) is 31.9 Å². The number of hydrogen-bond donors (Lipinski definition) is 1. The Morgan fingerprint density at radius 3 is 2.89 bits per heavy atom. The number of esters is 1. The summed E-state index contributed by atoms with van der Waals surface area (Å²) in [7, 11) is 0. The first kappa shape index (κ1) is 13.9. The lowest BCUT2D eigenvalue weighted by molar-refractivity contribution is -0.146. The average Bonchev–Trinajstić information content (AvgIpc) is 2.47. The van der Waals surface area contributed by atoms with Crippen LogP contribution in [-0.4, -0.2) is 31.8 Å². The third kappa shape index (κ3) is 3.96. The van der Waals surface area contributed by atoms with Crippen LogP contribution in [-0.2, 0) is 14.3 Å². The lowest BCUT2D eigenvalue weighted by Gasteiger charge is -2.29. The summed E-state index contributed by atoms with van der Waals surface area (Å²) < 4.78 is 10.7. The molecule has 1 heterocycles. The van der Waals surface area contributed by atoms with E-state index in [0.29, 0.717) is 13.2 Å². The maximum Gasteiger partial charge on any atom is 0.328 e. The molecule has 1 N–H and O–H groups in total. The topological polar surface area (TPSA) is 47.6 Å². The van der Waals surface area contributed by atoms with Gasteiger partial charge in [0.15, 0.2) is 0 Å². The lowest BCUT2D eigenvalue weighted by Crippen LogP contribution is -2.42. The maximum atomic E-state index is 12.1. The molecule has 1 fully saturated rings. The van der Waals surface area contributed by atoms with E-state index < -0.39 is 0 Å². The highest BCUT2D eigenvalue weighted by Crippen LogP contribution is 2.22. The average molecular weight is 263 g/mol. The van der Waals surface area contributed by atoms with Gasteiger partial charge in [-0.3, -0.25) is 0 Å². The van der Waals surface area contributed by atoms with Crippen LogP contribution in [0, 0.1) is 5.92 Å². The molecule has 2 atom stereocenters. The van der Waals surface area contributed by atoms with E-state index in [1.54, 1.807) is 0 Å². The molecule has 0 radical (unpaired) electrons. The van der Waals surface area contributed by atoms with Gasteiger partial charge >= 0.3 is 5.97 Å². The number of carbonyl (C=O) groups is 1. The minimum atomic E-state index is -0.331. The number of rotatable bonds is 5. The van der Waals surface area contributed by atoms with Gasteiger partial charge in [0.1, 0.15) is 6.04 Å². The first-order valence-corrected chi connectivity index (χ1v) is 6.87. The Bertz CT molecular complexity index is 388. The Morgan fingerprint density at radius 1 is 1.47 bits per heavy atom. The molecule has 4 nitrogen and oxygen atoms in total. The van der Waals surface area contributed by atoms with E-state index in [2.05, 4.69) is 5.32 Å². The molecule has 2 unspecified atom stereocenters. The monoisotopic (exact) mass is 263 g/mol. The van der Waals surface area contributed by atoms with Crippen molar-refractivity contribution in [3.05, 3.63) is 30.3 Å². The Labute approximate surface area is 114 Å². The molecule has 0 bridgehead atoms. The highest BCUT2D eigenvalue weighted by Gasteiger charge is 2.31. The molecule has 1 aromatic carbocycles. The molecule has 0 spiro atoms. The molecule has 4 heteroatoms. The minimum Gasteiger partial charge on any atom is -0.464 e. The van der Waals surface area contributed by atoms with Gasteiger partial charge < -0.3 is 14.8 Å². The number of para-hydroxylation sites is 1. The van der Waals surface area contributed by atoms with Crippen molar-refractivity contribution < 1.29 is 14.3 Å². The van der Waals surface area contributed by atoms with Crippen LogP contribution in [0.2, 0.25) is 0 Å². The zero-order chi connectivity index (χ0) is 13.5. The molecule has 0 aromatic heterocycles. The molecule has 1 aromatic rings. The molecule has 2 rings (SSSR count). The SMILES string of the molecule is CCOC(=O)C(Nc1ccccc1)C1CCCOC1. The number of nitrogens with one attached hydrogen (secondary N) is 1. The van der Waals surface area contributed by atoms with Crippen LogP contribution in [0.5, 0.6) is 0 Å². The number of anilines is 1. The molecule has 1 saturated heterocycles. The van der Waals surface area contributed by atoms with E-state index in [0.717, 1.165) is 25.1 Å². The molecule has 19 heavy (non-hydrogen) atoms. The van der Waals surface area contributed by atoms with Crippen LogP contribution >= 0.6 is 0 Å². The number of benzene rings is 1. The van der Waals surface area contributed by atoms with Crippen LogP contribution in [0.25, 0.3) is 0 Å². The zero-order valence-corrected chi connectivity index (χ0v) is 11.3. The first-order chi connectivity index (χ1) is 9.31. The van der Waals surface area contributed by atoms with Crippen molar-refractivity contribution >= 4 is 11.7 Å². The summed E-state index contributed by atoms with van der Waals surface area (Å²) in [5.41, 5.74) is 0.936. The standard InChI is InChI=1S/C15H21NO3/c1-2-19-15(17)14(12-7-6-10-18-11-12)16-13-8-4-3-5-9-13/h3-5,8-9,12,14,16H,2,6-7,10-11H2,1H3. The summed E-state index contributed by atoms with van der Waals surface area (Å²) >= 11 is 0. The summed E-state index contributed by atoms with van der Waals surface area (Å²) in [6.45, 7) is 3.63. The van der Waals surface area contributed by atoms with E-state index in [4.69, 9.17) is 9.47 Å². The van der Waals surface area contributed by atoms with Crippen LogP contribution < -0.4 is 5.32 Å². The van der Waals surface area contributed by atoms with Gasteiger partial charge in [-0.15, -0.1) is 0 Å². The highest BCUT2D eigenvalue weighted by atomic mass is 16.5. The van der Waals surface area contributed by atoms with Crippen molar-refractivity contribution in [3.8, 4) is 0 Å². The largest absolute Gasteiger partial charge is 0.464 e. The van der Waals surface area contributed by atoms with E-state index >= 15 is 0 Å². The van der Waals surface area contributed by atoms with Crippen LogP contribution in [0.1, 0.15) is 19.8 Å². The number of hydrogen-bond acceptors (Lipinski definition) is 4. The smallest absolute Gasteiger partial charge is 0.328 e. The van der Waals surface area contributed by atoms with Gasteiger partial charge in [0.25, 0.3) is 0 Å². The van der Waals surface area contributed by atoms with E-state index in [1.165, 1.54) is 0 Å². The molecule has 104 valence electrons. The van der Waals surface area contributed by atoms with Crippen molar-refractivity contribution in [1.29, 1.82) is 0 Å². The van der Waals surface area contributed by atoms with Crippen molar-refractivity contribution in [3.63, 3.8) is 0 Å². The molecular formula is C15H21NO3. The predicted octanol–water partition coefficient (Wildman–Crippen LogP) is 2.46. The van der Waals surface area contributed by atoms with Gasteiger partial charge in [0.05, 0.1) is 13.2 Å². The van der Waals surface area contributed by atoms with Gasteiger partial charge in [-0.2, -0.15) is 0 Å². The summed E-state index contributed by atoms with van der Waals surface area (Å²) in [6.07, 6.45) is 1.99. The molecule has 0 saturated carbocycles. The maximum absolute atomic E-state index is 12.1. The second-order valence-electron chi connectivity index (χ2n) is 4.72. The summed E-state index contributed by atoms with van der Waals surface area (Å²) in [4.78, 5) is 12.1. The van der Waals surface area contributed by atoms with Crippen LogP contribution in [0.15, 0.2) is 30.3 Å². The first-order valence-electron chi connectivity index (χ1n) is 6.87. The summed E-state index contributed by atoms with van der Waals surface area (Å²) in [5, 5.41) is 3.28. The third-order valence-electron chi connectivity index (χ3n) is 3.30.